The molecule has 4 fully saturated rings. The van der Waals surface area contributed by atoms with Crippen molar-refractivity contribution < 1.29 is 13.2 Å². The lowest BCUT2D eigenvalue weighted by atomic mass is 9.75. The molecule has 24 heavy (non-hydrogen) atoms. The van der Waals surface area contributed by atoms with Crippen molar-refractivity contribution >= 4 is 10.0 Å². The maximum Gasteiger partial charge on any atom is 0.214 e. The summed E-state index contributed by atoms with van der Waals surface area (Å²) in [4.78, 5) is 2.53. The van der Waals surface area contributed by atoms with Gasteiger partial charge in [-0.05, 0) is 56.5 Å². The van der Waals surface area contributed by atoms with Crippen molar-refractivity contribution in [1.82, 2.24) is 9.21 Å². The van der Waals surface area contributed by atoms with E-state index in [-0.39, 0.29) is 17.7 Å². The number of hydrogen-bond acceptors (Lipinski definition) is 4. The first-order chi connectivity index (χ1) is 11.5. The summed E-state index contributed by atoms with van der Waals surface area (Å²) in [6.45, 7) is 4.59. The Morgan fingerprint density at radius 3 is 2.38 bits per heavy atom. The molecule has 0 saturated carbocycles. The molecule has 4 aliphatic heterocycles. The third kappa shape index (κ3) is 2.47. The Bertz CT molecular complexity index is 695. The summed E-state index contributed by atoms with van der Waals surface area (Å²) in [6.07, 6.45) is 2.26. The predicted molar refractivity (Wildman–Crippen MR) is 93.8 cm³/mol. The lowest BCUT2D eigenvalue weighted by Gasteiger charge is -2.51. The molecule has 1 aromatic rings. The van der Waals surface area contributed by atoms with E-state index in [2.05, 4.69) is 17.0 Å². The lowest BCUT2D eigenvalue weighted by molar-refractivity contribution is 0.0123. The third-order valence-corrected chi connectivity index (χ3v) is 8.05. The molecule has 4 heterocycles. The highest BCUT2D eigenvalue weighted by Gasteiger charge is 2.56. The van der Waals surface area contributed by atoms with E-state index in [4.69, 9.17) is 4.74 Å². The van der Waals surface area contributed by atoms with Crippen LogP contribution in [0.3, 0.4) is 0 Å². The number of sulfonamides is 1. The highest BCUT2D eigenvalue weighted by atomic mass is 32.2. The van der Waals surface area contributed by atoms with Crippen LogP contribution in [0.2, 0.25) is 0 Å². The number of rotatable bonds is 4. The Labute approximate surface area is 144 Å². The van der Waals surface area contributed by atoms with Crippen LogP contribution < -0.4 is 4.74 Å². The SMILES string of the molecule is CCS(=O)(=O)N1C[C@H](c2ccc(OC)cc2)[C@H]2[C@@H]1C1CCN2CC1. The zero-order chi connectivity index (χ0) is 16.9. The molecule has 0 radical (unpaired) electrons. The zero-order valence-electron chi connectivity index (χ0n) is 14.4. The van der Waals surface area contributed by atoms with Gasteiger partial charge in [0, 0.05) is 24.5 Å². The maximum absolute atomic E-state index is 12.7. The smallest absolute Gasteiger partial charge is 0.214 e. The Kier molecular flexibility index (Phi) is 4.09. The van der Waals surface area contributed by atoms with Crippen LogP contribution in [0.1, 0.15) is 31.2 Å². The third-order valence-electron chi connectivity index (χ3n) is 6.22. The van der Waals surface area contributed by atoms with Gasteiger partial charge in [-0.1, -0.05) is 12.1 Å². The molecule has 3 atom stereocenters. The van der Waals surface area contributed by atoms with E-state index in [1.54, 1.807) is 14.0 Å². The maximum atomic E-state index is 12.7. The molecule has 0 spiro atoms. The van der Waals surface area contributed by atoms with Crippen LogP contribution >= 0.6 is 0 Å². The topological polar surface area (TPSA) is 49.9 Å². The molecule has 5 nitrogen and oxygen atoms in total. The van der Waals surface area contributed by atoms with Crippen molar-refractivity contribution in [3.63, 3.8) is 0 Å². The minimum atomic E-state index is -3.16. The van der Waals surface area contributed by atoms with E-state index in [0.29, 0.717) is 18.5 Å². The number of methoxy groups -OCH3 is 1. The predicted octanol–water partition coefficient (Wildman–Crippen LogP) is 1.91. The number of nitrogens with zero attached hydrogens (tertiary/aromatic N) is 2. The van der Waals surface area contributed by atoms with Crippen LogP contribution in [-0.2, 0) is 10.0 Å². The summed E-state index contributed by atoms with van der Waals surface area (Å²) in [5.74, 6) is 1.81. The van der Waals surface area contributed by atoms with Gasteiger partial charge in [-0.3, -0.25) is 4.90 Å². The minimum absolute atomic E-state index is 0.157. The van der Waals surface area contributed by atoms with Crippen LogP contribution in [0.15, 0.2) is 24.3 Å². The fourth-order valence-corrected chi connectivity index (χ4v) is 6.38. The van der Waals surface area contributed by atoms with E-state index in [0.717, 1.165) is 31.7 Å². The first-order valence-corrected chi connectivity index (χ1v) is 10.5. The standard InChI is InChI=1S/C18H26N2O3S/c1-3-24(21,22)20-12-16(13-4-6-15(23-2)7-5-13)18-17(20)14-8-10-19(18)11-9-14/h4-7,14,16-18H,3,8-12H2,1-2H3/t16-,17+,18+/m1/s1. The molecule has 132 valence electrons. The van der Waals surface area contributed by atoms with Gasteiger partial charge >= 0.3 is 0 Å². The van der Waals surface area contributed by atoms with Crippen LogP contribution in [0, 0.1) is 5.92 Å². The van der Waals surface area contributed by atoms with Crippen LogP contribution in [0.25, 0.3) is 0 Å². The number of benzene rings is 1. The van der Waals surface area contributed by atoms with Crippen molar-refractivity contribution in [2.45, 2.75) is 37.8 Å². The van der Waals surface area contributed by atoms with Crippen LogP contribution in [0.4, 0.5) is 0 Å². The highest BCUT2D eigenvalue weighted by Crippen LogP contribution is 2.47. The molecule has 0 N–H and O–H groups in total. The molecule has 0 amide bonds. The average Bonchev–Trinajstić information content (AvgIpc) is 3.06. The van der Waals surface area contributed by atoms with E-state index >= 15 is 0 Å². The number of hydrogen-bond donors (Lipinski definition) is 0. The molecular weight excluding hydrogens is 324 g/mol. The van der Waals surface area contributed by atoms with Gasteiger partial charge in [0.2, 0.25) is 10.0 Å². The Hall–Kier alpha value is -1.11. The molecule has 4 aliphatic rings. The van der Waals surface area contributed by atoms with Crippen molar-refractivity contribution in [3.05, 3.63) is 29.8 Å². The molecule has 0 aromatic heterocycles. The van der Waals surface area contributed by atoms with Crippen molar-refractivity contribution in [2.75, 3.05) is 32.5 Å². The van der Waals surface area contributed by atoms with Crippen molar-refractivity contribution in [1.29, 1.82) is 0 Å². The number of ether oxygens (including phenoxy) is 1. The molecule has 6 heteroatoms. The summed E-state index contributed by atoms with van der Waals surface area (Å²) < 4.78 is 32.5. The largest absolute Gasteiger partial charge is 0.497 e. The van der Waals surface area contributed by atoms with Gasteiger partial charge in [-0.2, -0.15) is 4.31 Å². The van der Waals surface area contributed by atoms with Gasteiger partial charge in [0.1, 0.15) is 5.75 Å². The Morgan fingerprint density at radius 2 is 1.79 bits per heavy atom. The van der Waals surface area contributed by atoms with Gasteiger partial charge in [0.05, 0.1) is 12.9 Å². The van der Waals surface area contributed by atoms with Crippen LogP contribution in [0.5, 0.6) is 5.75 Å². The zero-order valence-corrected chi connectivity index (χ0v) is 15.2. The molecule has 5 rings (SSSR count). The number of fused-ring (bicyclic) bond motifs is 2. The van der Waals surface area contributed by atoms with Gasteiger partial charge in [-0.25, -0.2) is 8.42 Å². The van der Waals surface area contributed by atoms with Crippen molar-refractivity contribution in [3.8, 4) is 5.75 Å². The van der Waals surface area contributed by atoms with Gasteiger partial charge < -0.3 is 4.74 Å². The van der Waals surface area contributed by atoms with E-state index < -0.39 is 10.0 Å². The fourth-order valence-electron chi connectivity index (χ4n) is 4.99. The first-order valence-electron chi connectivity index (χ1n) is 8.92. The van der Waals surface area contributed by atoms with Crippen molar-refractivity contribution in [2.24, 2.45) is 5.92 Å². The molecule has 2 bridgehead atoms. The first kappa shape index (κ1) is 16.4. The minimum Gasteiger partial charge on any atom is -0.497 e. The summed E-state index contributed by atoms with van der Waals surface area (Å²) >= 11 is 0. The van der Waals surface area contributed by atoms with Gasteiger partial charge in [0.25, 0.3) is 0 Å². The van der Waals surface area contributed by atoms with Gasteiger partial charge in [-0.15, -0.1) is 0 Å². The van der Waals surface area contributed by atoms with Crippen LogP contribution in [-0.4, -0.2) is 62.2 Å². The second-order valence-corrected chi connectivity index (χ2v) is 9.41. The Morgan fingerprint density at radius 1 is 1.12 bits per heavy atom. The van der Waals surface area contributed by atoms with E-state index in [1.807, 2.05) is 16.4 Å². The summed E-state index contributed by atoms with van der Waals surface area (Å²) in [7, 11) is -1.49. The van der Waals surface area contributed by atoms with Gasteiger partial charge in [0.15, 0.2) is 0 Å². The summed E-state index contributed by atoms with van der Waals surface area (Å²) in [6, 6.07) is 8.66. The quantitative estimate of drug-likeness (QED) is 0.832. The molecular formula is C18H26N2O3S. The van der Waals surface area contributed by atoms with E-state index in [1.165, 1.54) is 5.56 Å². The molecule has 0 unspecified atom stereocenters. The highest BCUT2D eigenvalue weighted by molar-refractivity contribution is 7.89. The summed E-state index contributed by atoms with van der Waals surface area (Å²) in [5.41, 5.74) is 1.23. The molecule has 0 aliphatic carbocycles. The normalized spacial score (nSPS) is 35.8. The lowest BCUT2D eigenvalue weighted by Crippen LogP contribution is -2.60. The second-order valence-electron chi connectivity index (χ2n) is 7.20. The van der Waals surface area contributed by atoms with E-state index in [9.17, 15) is 8.42 Å². The fraction of sp³-hybridized carbons (Fsp3) is 0.667. The number of piperidine rings is 3. The Balaban J connectivity index is 1.72. The average molecular weight is 350 g/mol. The monoisotopic (exact) mass is 350 g/mol. The summed E-state index contributed by atoms with van der Waals surface area (Å²) in [5, 5.41) is 0. The molecule has 4 saturated heterocycles. The second kappa shape index (κ2) is 6.00. The molecule has 1 aromatic carbocycles.